The maximum atomic E-state index is 11.9. The normalized spacial score (nSPS) is 12.1. The quantitative estimate of drug-likeness (QED) is 0.548. The van der Waals surface area contributed by atoms with Gasteiger partial charge < -0.3 is 9.64 Å². The van der Waals surface area contributed by atoms with Crippen molar-refractivity contribution in [3.8, 4) is 16.9 Å². The summed E-state index contributed by atoms with van der Waals surface area (Å²) in [6.07, 6.45) is 3.63. The molecule has 1 aromatic heterocycles. The van der Waals surface area contributed by atoms with Crippen LogP contribution in [0.25, 0.3) is 11.1 Å². The molecule has 0 aliphatic carbocycles. The lowest BCUT2D eigenvalue weighted by Gasteiger charge is -2.21. The van der Waals surface area contributed by atoms with Crippen molar-refractivity contribution in [2.45, 2.75) is 34.1 Å². The van der Waals surface area contributed by atoms with Gasteiger partial charge in [-0.2, -0.15) is 0 Å². The smallest absolute Gasteiger partial charge is 0.152 e. The number of anilines is 1. The van der Waals surface area contributed by atoms with Crippen LogP contribution in [0.4, 0.5) is 5.69 Å². The molecule has 0 N–H and O–H groups in total. The molecule has 2 rings (SSSR count). The number of carbonyl (C=O) groups excluding carboxylic acids is 1. The van der Waals surface area contributed by atoms with E-state index in [1.54, 1.807) is 6.20 Å². The number of hydrogen-bond acceptors (Lipinski definition) is 4. The van der Waals surface area contributed by atoms with Crippen molar-refractivity contribution in [3.63, 3.8) is 0 Å². The molecule has 146 valence electrons. The largest absolute Gasteiger partial charge is 0.492 e. The Morgan fingerprint density at radius 1 is 1.19 bits per heavy atom. The minimum atomic E-state index is 0.360. The third-order valence-electron chi connectivity index (χ3n) is 4.50. The first kappa shape index (κ1) is 21.2. The number of ether oxygens (including phenoxy) is 1. The van der Waals surface area contributed by atoms with E-state index in [0.29, 0.717) is 34.8 Å². The second-order valence-corrected chi connectivity index (χ2v) is 8.07. The van der Waals surface area contributed by atoms with E-state index in [0.717, 1.165) is 35.2 Å². The van der Waals surface area contributed by atoms with Crippen molar-refractivity contribution in [2.24, 2.45) is 11.8 Å². The third kappa shape index (κ3) is 5.01. The Hall–Kier alpha value is -2.07. The van der Waals surface area contributed by atoms with Crippen molar-refractivity contribution in [1.82, 2.24) is 4.98 Å². The number of rotatable bonds is 8. The van der Waals surface area contributed by atoms with E-state index >= 15 is 0 Å². The molecule has 0 bridgehead atoms. The van der Waals surface area contributed by atoms with E-state index in [9.17, 15) is 4.79 Å². The van der Waals surface area contributed by atoms with E-state index in [1.165, 1.54) is 0 Å². The number of pyridine rings is 1. The number of carbonyl (C=O) groups is 1. The van der Waals surface area contributed by atoms with E-state index in [-0.39, 0.29) is 0 Å². The second-order valence-electron chi connectivity index (χ2n) is 7.69. The summed E-state index contributed by atoms with van der Waals surface area (Å²) in [5.74, 6) is 1.59. The maximum Gasteiger partial charge on any atom is 0.152 e. The van der Waals surface area contributed by atoms with Gasteiger partial charge in [0, 0.05) is 31.4 Å². The molecule has 0 aliphatic rings. The molecule has 1 heterocycles. The fourth-order valence-corrected chi connectivity index (χ4v) is 3.74. The number of benzene rings is 1. The summed E-state index contributed by atoms with van der Waals surface area (Å²) in [4.78, 5) is 18.2. The first-order valence-corrected chi connectivity index (χ1v) is 9.67. The van der Waals surface area contributed by atoms with Gasteiger partial charge in [0.05, 0.1) is 23.0 Å². The van der Waals surface area contributed by atoms with Gasteiger partial charge in [-0.3, -0.25) is 9.78 Å². The van der Waals surface area contributed by atoms with Crippen LogP contribution in [-0.4, -0.2) is 32.0 Å². The molecule has 1 atom stereocenters. The SMILES string of the molecule is Cc1nccc(-c2ccc(OCC(C)CC(C)C)c(Cl)c2C=O)c1N(C)C. The highest BCUT2D eigenvalue weighted by Crippen LogP contribution is 2.39. The Morgan fingerprint density at radius 2 is 1.89 bits per heavy atom. The van der Waals surface area contributed by atoms with Gasteiger partial charge in [-0.15, -0.1) is 0 Å². The molecule has 2 aromatic rings. The lowest BCUT2D eigenvalue weighted by atomic mass is 9.97. The summed E-state index contributed by atoms with van der Waals surface area (Å²) in [5.41, 5.74) is 4.02. The van der Waals surface area contributed by atoms with Gasteiger partial charge in [0.2, 0.25) is 0 Å². The van der Waals surface area contributed by atoms with Crippen LogP contribution in [-0.2, 0) is 0 Å². The summed E-state index contributed by atoms with van der Waals surface area (Å²) in [5, 5.41) is 0.360. The molecule has 0 saturated carbocycles. The van der Waals surface area contributed by atoms with Gasteiger partial charge in [0.1, 0.15) is 5.75 Å². The number of nitrogens with zero attached hydrogens (tertiary/aromatic N) is 2. The average Bonchev–Trinajstić information content (AvgIpc) is 2.59. The van der Waals surface area contributed by atoms with Crippen LogP contribution in [0.1, 0.15) is 43.2 Å². The summed E-state index contributed by atoms with van der Waals surface area (Å²) < 4.78 is 5.92. The predicted molar refractivity (Wildman–Crippen MR) is 113 cm³/mol. The van der Waals surface area contributed by atoms with Crippen LogP contribution in [0.15, 0.2) is 24.4 Å². The van der Waals surface area contributed by atoms with Crippen LogP contribution < -0.4 is 9.64 Å². The number of aldehydes is 1. The fourth-order valence-electron chi connectivity index (χ4n) is 3.48. The molecule has 4 nitrogen and oxygen atoms in total. The molecule has 0 radical (unpaired) electrons. The van der Waals surface area contributed by atoms with E-state index in [4.69, 9.17) is 16.3 Å². The lowest BCUT2D eigenvalue weighted by molar-refractivity contribution is 0.112. The van der Waals surface area contributed by atoms with Gasteiger partial charge in [-0.1, -0.05) is 32.4 Å². The highest BCUT2D eigenvalue weighted by molar-refractivity contribution is 6.35. The number of aromatic nitrogens is 1. The van der Waals surface area contributed by atoms with Gasteiger partial charge in [0.15, 0.2) is 6.29 Å². The van der Waals surface area contributed by atoms with Gasteiger partial charge in [-0.25, -0.2) is 0 Å². The van der Waals surface area contributed by atoms with Crippen molar-refractivity contribution in [1.29, 1.82) is 0 Å². The van der Waals surface area contributed by atoms with Gasteiger partial charge in [0.25, 0.3) is 0 Å². The van der Waals surface area contributed by atoms with Crippen molar-refractivity contribution < 1.29 is 9.53 Å². The molecule has 1 unspecified atom stereocenters. The van der Waals surface area contributed by atoms with Crippen LogP contribution >= 0.6 is 11.6 Å². The Bertz CT molecular complexity index is 803. The monoisotopic (exact) mass is 388 g/mol. The summed E-state index contributed by atoms with van der Waals surface area (Å²) in [6.45, 7) is 9.08. The van der Waals surface area contributed by atoms with Crippen LogP contribution in [0.3, 0.4) is 0 Å². The van der Waals surface area contributed by atoms with Crippen molar-refractivity contribution in [3.05, 3.63) is 40.7 Å². The molecule has 5 heteroatoms. The Morgan fingerprint density at radius 3 is 2.48 bits per heavy atom. The zero-order valence-electron chi connectivity index (χ0n) is 17.0. The van der Waals surface area contributed by atoms with Crippen LogP contribution in [0.2, 0.25) is 5.02 Å². The topological polar surface area (TPSA) is 42.4 Å². The fraction of sp³-hybridized carbons (Fsp3) is 0.455. The molecular formula is C22H29ClN2O2. The first-order valence-electron chi connectivity index (χ1n) is 9.30. The third-order valence-corrected chi connectivity index (χ3v) is 4.89. The first-order chi connectivity index (χ1) is 12.8. The highest BCUT2D eigenvalue weighted by Gasteiger charge is 2.19. The Kier molecular flexibility index (Phi) is 7.25. The van der Waals surface area contributed by atoms with E-state index in [2.05, 4.69) is 25.8 Å². The minimum Gasteiger partial charge on any atom is -0.492 e. The molecule has 0 aliphatic heterocycles. The van der Waals surface area contributed by atoms with Gasteiger partial charge in [-0.05, 0) is 48.9 Å². The number of halogens is 1. The zero-order valence-corrected chi connectivity index (χ0v) is 17.8. The summed E-state index contributed by atoms with van der Waals surface area (Å²) in [7, 11) is 3.92. The minimum absolute atomic E-state index is 0.360. The Labute approximate surface area is 167 Å². The standard InChI is InChI=1S/C22H29ClN2O2/c1-14(2)11-15(3)13-27-20-8-7-17(19(12-26)21(20)23)18-9-10-24-16(4)22(18)25(5)6/h7-10,12,14-15H,11,13H2,1-6H3. The molecule has 0 amide bonds. The number of hydrogen-bond donors (Lipinski definition) is 0. The number of aryl methyl sites for hydroxylation is 1. The van der Waals surface area contributed by atoms with E-state index in [1.807, 2.05) is 44.1 Å². The zero-order chi connectivity index (χ0) is 20.1. The molecule has 0 fully saturated rings. The van der Waals surface area contributed by atoms with Crippen molar-refractivity contribution in [2.75, 3.05) is 25.6 Å². The lowest BCUT2D eigenvalue weighted by Crippen LogP contribution is -2.13. The van der Waals surface area contributed by atoms with Crippen LogP contribution in [0, 0.1) is 18.8 Å². The summed E-state index contributed by atoms with van der Waals surface area (Å²) >= 11 is 6.54. The predicted octanol–water partition coefficient (Wildman–Crippen LogP) is 5.65. The molecule has 1 aromatic carbocycles. The van der Waals surface area contributed by atoms with Crippen LogP contribution in [0.5, 0.6) is 5.75 Å². The molecule has 27 heavy (non-hydrogen) atoms. The molecule has 0 saturated heterocycles. The second kappa shape index (κ2) is 9.23. The van der Waals surface area contributed by atoms with Crippen molar-refractivity contribution >= 4 is 23.6 Å². The molecule has 0 spiro atoms. The maximum absolute atomic E-state index is 11.9. The Balaban J connectivity index is 2.41. The molecular weight excluding hydrogens is 360 g/mol. The van der Waals surface area contributed by atoms with E-state index < -0.39 is 0 Å². The average molecular weight is 389 g/mol. The summed E-state index contributed by atoms with van der Waals surface area (Å²) in [6, 6.07) is 5.66. The van der Waals surface area contributed by atoms with Gasteiger partial charge >= 0.3 is 0 Å². The highest BCUT2D eigenvalue weighted by atomic mass is 35.5.